The van der Waals surface area contributed by atoms with Crippen LogP contribution in [0, 0.1) is 5.82 Å². The Bertz CT molecular complexity index is 1380. The fourth-order valence-electron chi connectivity index (χ4n) is 3.34. The van der Waals surface area contributed by atoms with Gasteiger partial charge in [-0.15, -0.1) is 0 Å². The maximum atomic E-state index is 13.2. The van der Waals surface area contributed by atoms with E-state index < -0.39 is 17.6 Å². The van der Waals surface area contributed by atoms with Crippen molar-refractivity contribution < 1.29 is 27.9 Å². The standard InChI is InChI=1S/C26H21FN2O5/c1-32-21-13-7-16(15-22(21)33-2)8-14-23(30)29-24-19-5-3-4-6-20(19)34-25(24)26(31)28-18-11-9-17(27)10-12-18/h3-15H,1-2H3,(H,28,31)(H,29,30)/b14-8+. The summed E-state index contributed by atoms with van der Waals surface area (Å²) < 4.78 is 29.4. The Labute approximate surface area is 194 Å². The predicted octanol–water partition coefficient (Wildman–Crippen LogP) is 5.49. The molecule has 4 aromatic rings. The number of carbonyl (C=O) groups is 2. The van der Waals surface area contributed by atoms with E-state index >= 15 is 0 Å². The van der Waals surface area contributed by atoms with Crippen molar-refractivity contribution in [2.75, 3.05) is 24.9 Å². The Hall–Kier alpha value is -4.59. The molecular formula is C26H21FN2O5. The van der Waals surface area contributed by atoms with E-state index in [9.17, 15) is 14.0 Å². The Morgan fingerprint density at radius 2 is 1.65 bits per heavy atom. The van der Waals surface area contributed by atoms with Crippen LogP contribution in [0.1, 0.15) is 16.1 Å². The molecule has 0 unspecified atom stereocenters. The zero-order valence-electron chi connectivity index (χ0n) is 18.4. The van der Waals surface area contributed by atoms with Crippen LogP contribution in [0.5, 0.6) is 11.5 Å². The van der Waals surface area contributed by atoms with Crippen molar-refractivity contribution in [3.05, 3.63) is 89.9 Å². The monoisotopic (exact) mass is 460 g/mol. The van der Waals surface area contributed by atoms with E-state index in [1.165, 1.54) is 37.5 Å². The number of anilines is 2. The van der Waals surface area contributed by atoms with Gasteiger partial charge in [-0.25, -0.2) is 4.39 Å². The number of hydrogen-bond donors (Lipinski definition) is 2. The molecule has 34 heavy (non-hydrogen) atoms. The van der Waals surface area contributed by atoms with Crippen LogP contribution in [-0.4, -0.2) is 26.0 Å². The van der Waals surface area contributed by atoms with Crippen molar-refractivity contribution in [1.82, 2.24) is 0 Å². The number of furan rings is 1. The highest BCUT2D eigenvalue weighted by atomic mass is 19.1. The van der Waals surface area contributed by atoms with E-state index in [1.54, 1.807) is 55.7 Å². The summed E-state index contributed by atoms with van der Waals surface area (Å²) in [5.74, 6) is -0.426. The first kappa shape index (κ1) is 22.6. The number of carbonyl (C=O) groups excluding carboxylic acids is 2. The first-order valence-corrected chi connectivity index (χ1v) is 10.3. The number of methoxy groups -OCH3 is 2. The quantitative estimate of drug-likeness (QED) is 0.356. The molecule has 8 heteroatoms. The Morgan fingerprint density at radius 3 is 2.38 bits per heavy atom. The molecule has 0 atom stereocenters. The SMILES string of the molecule is COc1ccc(/C=C/C(=O)Nc2c(C(=O)Nc3ccc(F)cc3)oc3ccccc23)cc1OC. The largest absolute Gasteiger partial charge is 0.493 e. The van der Waals surface area contributed by atoms with Crippen molar-refractivity contribution in [3.63, 3.8) is 0 Å². The molecule has 7 nitrogen and oxygen atoms in total. The molecule has 0 saturated carbocycles. The second kappa shape index (κ2) is 9.91. The van der Waals surface area contributed by atoms with E-state index in [2.05, 4.69) is 10.6 Å². The van der Waals surface area contributed by atoms with Crippen molar-refractivity contribution in [1.29, 1.82) is 0 Å². The molecular weight excluding hydrogens is 439 g/mol. The van der Waals surface area contributed by atoms with Crippen LogP contribution in [0.2, 0.25) is 0 Å². The number of fused-ring (bicyclic) bond motifs is 1. The van der Waals surface area contributed by atoms with Gasteiger partial charge < -0.3 is 24.5 Å². The van der Waals surface area contributed by atoms with Crippen LogP contribution >= 0.6 is 0 Å². The third-order valence-electron chi connectivity index (χ3n) is 4.99. The van der Waals surface area contributed by atoms with Gasteiger partial charge in [-0.3, -0.25) is 9.59 Å². The van der Waals surface area contributed by atoms with Crippen molar-refractivity contribution >= 4 is 40.2 Å². The highest BCUT2D eigenvalue weighted by Crippen LogP contribution is 2.32. The number of halogens is 1. The summed E-state index contributed by atoms with van der Waals surface area (Å²) in [6, 6.07) is 17.5. The molecule has 0 saturated heterocycles. The van der Waals surface area contributed by atoms with Crippen LogP contribution in [0.4, 0.5) is 15.8 Å². The van der Waals surface area contributed by atoms with E-state index in [-0.39, 0.29) is 11.4 Å². The predicted molar refractivity (Wildman–Crippen MR) is 128 cm³/mol. The first-order valence-electron chi connectivity index (χ1n) is 10.3. The van der Waals surface area contributed by atoms with Gasteiger partial charge in [-0.2, -0.15) is 0 Å². The summed E-state index contributed by atoms with van der Waals surface area (Å²) in [4.78, 5) is 25.6. The lowest BCUT2D eigenvalue weighted by Crippen LogP contribution is -2.15. The molecule has 2 N–H and O–H groups in total. The minimum absolute atomic E-state index is 0.0709. The number of ether oxygens (including phenoxy) is 2. The number of para-hydroxylation sites is 1. The summed E-state index contributed by atoms with van der Waals surface area (Å²) in [6.07, 6.45) is 2.95. The molecule has 0 radical (unpaired) electrons. The van der Waals surface area contributed by atoms with Crippen molar-refractivity contribution in [2.24, 2.45) is 0 Å². The summed E-state index contributed by atoms with van der Waals surface area (Å²) in [6.45, 7) is 0. The van der Waals surface area contributed by atoms with Gasteiger partial charge in [0, 0.05) is 17.1 Å². The molecule has 1 heterocycles. The van der Waals surface area contributed by atoms with Crippen LogP contribution in [0.25, 0.3) is 17.0 Å². The summed E-state index contributed by atoms with van der Waals surface area (Å²) in [7, 11) is 3.07. The molecule has 172 valence electrons. The van der Waals surface area contributed by atoms with Crippen molar-refractivity contribution in [2.45, 2.75) is 0 Å². The highest BCUT2D eigenvalue weighted by molar-refractivity contribution is 6.16. The fraction of sp³-hybridized carbons (Fsp3) is 0.0769. The molecule has 0 aliphatic rings. The van der Waals surface area contributed by atoms with Gasteiger partial charge in [0.15, 0.2) is 11.5 Å². The number of hydrogen-bond acceptors (Lipinski definition) is 5. The Morgan fingerprint density at radius 1 is 0.912 bits per heavy atom. The fourth-order valence-corrected chi connectivity index (χ4v) is 3.34. The van der Waals surface area contributed by atoms with E-state index in [4.69, 9.17) is 13.9 Å². The lowest BCUT2D eigenvalue weighted by Gasteiger charge is -2.08. The summed E-state index contributed by atoms with van der Waals surface area (Å²) in [5.41, 5.74) is 1.78. The van der Waals surface area contributed by atoms with Gasteiger partial charge in [0.2, 0.25) is 11.7 Å². The minimum Gasteiger partial charge on any atom is -0.493 e. The van der Waals surface area contributed by atoms with Crippen molar-refractivity contribution in [3.8, 4) is 11.5 Å². The summed E-state index contributed by atoms with van der Waals surface area (Å²) >= 11 is 0. The topological polar surface area (TPSA) is 89.8 Å². The molecule has 0 spiro atoms. The molecule has 4 rings (SSSR count). The molecule has 0 bridgehead atoms. The molecule has 0 fully saturated rings. The smallest absolute Gasteiger partial charge is 0.293 e. The van der Waals surface area contributed by atoms with E-state index in [1.807, 2.05) is 0 Å². The second-order valence-electron chi connectivity index (χ2n) is 7.20. The highest BCUT2D eigenvalue weighted by Gasteiger charge is 2.22. The van der Waals surface area contributed by atoms with Gasteiger partial charge in [-0.1, -0.05) is 18.2 Å². The zero-order valence-corrected chi connectivity index (χ0v) is 18.4. The first-order chi connectivity index (χ1) is 16.5. The summed E-state index contributed by atoms with van der Waals surface area (Å²) in [5, 5.41) is 5.95. The maximum absolute atomic E-state index is 13.2. The molecule has 0 aliphatic heterocycles. The third kappa shape index (κ3) is 4.91. The number of rotatable bonds is 7. The second-order valence-corrected chi connectivity index (χ2v) is 7.20. The maximum Gasteiger partial charge on any atom is 0.293 e. The number of amides is 2. The normalized spacial score (nSPS) is 10.9. The van der Waals surface area contributed by atoms with Gasteiger partial charge in [0.05, 0.1) is 14.2 Å². The van der Waals surface area contributed by atoms with Crippen LogP contribution in [-0.2, 0) is 4.79 Å². The van der Waals surface area contributed by atoms with Crippen LogP contribution < -0.4 is 20.1 Å². The van der Waals surface area contributed by atoms with E-state index in [0.717, 1.165) is 5.56 Å². The average molecular weight is 460 g/mol. The molecule has 1 aromatic heterocycles. The Balaban J connectivity index is 1.58. The van der Waals surface area contributed by atoms with E-state index in [0.29, 0.717) is 28.2 Å². The number of nitrogens with one attached hydrogen (secondary N) is 2. The minimum atomic E-state index is -0.582. The molecule has 3 aromatic carbocycles. The Kier molecular flexibility index (Phi) is 6.59. The lowest BCUT2D eigenvalue weighted by atomic mass is 10.1. The van der Waals surface area contributed by atoms with Crippen LogP contribution in [0.15, 0.2) is 77.2 Å². The third-order valence-corrected chi connectivity index (χ3v) is 4.99. The molecule has 2 amide bonds. The van der Waals surface area contributed by atoms with Gasteiger partial charge in [0.25, 0.3) is 5.91 Å². The lowest BCUT2D eigenvalue weighted by molar-refractivity contribution is -0.111. The zero-order chi connectivity index (χ0) is 24.1. The molecule has 0 aliphatic carbocycles. The van der Waals surface area contributed by atoms with Gasteiger partial charge >= 0.3 is 0 Å². The average Bonchev–Trinajstić information content (AvgIpc) is 3.22. The van der Waals surface area contributed by atoms with Crippen LogP contribution in [0.3, 0.4) is 0 Å². The van der Waals surface area contributed by atoms with Gasteiger partial charge in [0.1, 0.15) is 17.1 Å². The number of benzene rings is 3. The van der Waals surface area contributed by atoms with Gasteiger partial charge in [-0.05, 0) is 60.2 Å².